The van der Waals surface area contributed by atoms with E-state index in [0.717, 1.165) is 32.2 Å². The average Bonchev–Trinajstić information content (AvgIpc) is 3.27. The van der Waals surface area contributed by atoms with E-state index in [2.05, 4.69) is 39.4 Å². The molecule has 0 aromatic carbocycles. The molecule has 5 rings (SSSR count). The lowest BCUT2D eigenvalue weighted by Gasteiger charge is -2.52. The second-order valence-corrected chi connectivity index (χ2v) is 12.7. The van der Waals surface area contributed by atoms with Crippen LogP contribution in [0.4, 0.5) is 0 Å². The maximum Gasteiger partial charge on any atom is 0.243 e. The van der Waals surface area contributed by atoms with Crippen LogP contribution in [0.25, 0.3) is 0 Å². The predicted molar refractivity (Wildman–Crippen MR) is 148 cm³/mol. The zero-order valence-corrected chi connectivity index (χ0v) is 23.6. The molecule has 3 heterocycles. The Kier molecular flexibility index (Phi) is 9.80. The van der Waals surface area contributed by atoms with Crippen molar-refractivity contribution < 1.29 is 9.53 Å². The van der Waals surface area contributed by atoms with Crippen LogP contribution < -0.4 is 16.5 Å². The lowest BCUT2D eigenvalue weighted by Crippen LogP contribution is -2.66. The molecule has 212 valence electrons. The molecule has 2 saturated carbocycles. The number of ether oxygens (including phenoxy) is 1. The number of nitrogens with zero attached hydrogens (tertiary/aromatic N) is 3. The van der Waals surface area contributed by atoms with Gasteiger partial charge < -0.3 is 15.8 Å². The largest absolute Gasteiger partial charge is 0.368 e. The first-order valence-electron chi connectivity index (χ1n) is 15.7. The van der Waals surface area contributed by atoms with Crippen molar-refractivity contribution in [3.8, 4) is 0 Å². The van der Waals surface area contributed by atoms with Gasteiger partial charge in [-0.2, -0.15) is 0 Å². The van der Waals surface area contributed by atoms with Crippen LogP contribution in [-0.2, 0) is 9.53 Å². The quantitative estimate of drug-likeness (QED) is 0.455. The zero-order valence-electron chi connectivity index (χ0n) is 23.6. The smallest absolute Gasteiger partial charge is 0.243 e. The molecule has 37 heavy (non-hydrogen) atoms. The summed E-state index contributed by atoms with van der Waals surface area (Å²) in [6.45, 7) is 11.5. The van der Waals surface area contributed by atoms with Crippen molar-refractivity contribution in [2.75, 3.05) is 45.9 Å². The summed E-state index contributed by atoms with van der Waals surface area (Å²) in [7, 11) is 0. The second-order valence-electron chi connectivity index (χ2n) is 12.7. The summed E-state index contributed by atoms with van der Waals surface area (Å²) in [6.07, 6.45) is 14.4. The van der Waals surface area contributed by atoms with Gasteiger partial charge in [0, 0.05) is 43.8 Å². The van der Waals surface area contributed by atoms with E-state index >= 15 is 0 Å². The minimum absolute atomic E-state index is 0.0333. The van der Waals surface area contributed by atoms with E-state index in [1.165, 1.54) is 83.7 Å². The molecule has 1 amide bonds. The molecule has 5 aliphatic rings. The summed E-state index contributed by atoms with van der Waals surface area (Å²) in [5.41, 5.74) is 9.50. The fourth-order valence-electron chi connectivity index (χ4n) is 8.64. The van der Waals surface area contributed by atoms with Gasteiger partial charge in [-0.05, 0) is 82.8 Å². The number of hydrazine groups is 1. The number of nitrogens with two attached hydrogens (primary N) is 1. The molecule has 3 aliphatic heterocycles. The van der Waals surface area contributed by atoms with Crippen LogP contribution in [0.2, 0.25) is 0 Å². The average molecular weight is 519 g/mol. The SMILES string of the molecule is CCC(C1CCN(C2CCCCC2)N1)N1CCCN(C2C3NCCCC3CC(C)C2OCC(N)=O)CC1. The molecule has 0 radical (unpaired) electrons. The number of amides is 1. The highest BCUT2D eigenvalue weighted by Gasteiger charge is 2.47. The van der Waals surface area contributed by atoms with Crippen molar-refractivity contribution >= 4 is 5.91 Å². The Bertz CT molecular complexity index is 733. The van der Waals surface area contributed by atoms with Crippen molar-refractivity contribution in [2.45, 2.75) is 121 Å². The second kappa shape index (κ2) is 13.1. The third kappa shape index (κ3) is 6.52. The number of carbonyl (C=O) groups excluding carboxylic acids is 1. The Balaban J connectivity index is 1.24. The van der Waals surface area contributed by atoms with Crippen LogP contribution >= 0.6 is 0 Å². The summed E-state index contributed by atoms with van der Waals surface area (Å²) in [5.74, 6) is 0.795. The van der Waals surface area contributed by atoms with E-state index in [-0.39, 0.29) is 18.6 Å². The van der Waals surface area contributed by atoms with Gasteiger partial charge >= 0.3 is 0 Å². The van der Waals surface area contributed by atoms with Crippen LogP contribution in [-0.4, -0.2) is 103 Å². The fourth-order valence-corrected chi connectivity index (χ4v) is 8.64. The monoisotopic (exact) mass is 518 g/mol. The highest BCUT2D eigenvalue weighted by molar-refractivity contribution is 5.75. The molecule has 8 heteroatoms. The number of primary amides is 1. The van der Waals surface area contributed by atoms with E-state index in [9.17, 15) is 4.79 Å². The summed E-state index contributed by atoms with van der Waals surface area (Å²) in [5, 5.41) is 6.49. The molecular formula is C29H54N6O2. The molecule has 2 aliphatic carbocycles. The lowest BCUT2D eigenvalue weighted by molar-refractivity contribution is -0.134. The molecular weight excluding hydrogens is 464 g/mol. The third-order valence-corrected chi connectivity index (χ3v) is 10.4. The summed E-state index contributed by atoms with van der Waals surface area (Å²) < 4.78 is 6.27. The first-order valence-corrected chi connectivity index (χ1v) is 15.7. The highest BCUT2D eigenvalue weighted by atomic mass is 16.5. The van der Waals surface area contributed by atoms with Crippen LogP contribution in [0.15, 0.2) is 0 Å². The standard InChI is InChI=1S/C29H54N6O2/c1-3-25(24-12-16-35(32-24)23-10-5-4-6-11-23)33-14-8-15-34(18-17-33)28-27-22(9-7-13-31-27)19-21(2)29(28)37-20-26(30)36/h21-25,27-29,31-32H,3-20H2,1-2H3,(H2,30,36). The number of hydrogen-bond donors (Lipinski definition) is 3. The minimum atomic E-state index is -0.358. The van der Waals surface area contributed by atoms with Crippen molar-refractivity contribution in [1.29, 1.82) is 0 Å². The molecule has 0 aromatic heterocycles. The van der Waals surface area contributed by atoms with E-state index in [4.69, 9.17) is 10.5 Å². The van der Waals surface area contributed by atoms with Gasteiger partial charge in [0.25, 0.3) is 0 Å². The molecule has 5 fully saturated rings. The highest BCUT2D eigenvalue weighted by Crippen LogP contribution is 2.39. The number of carbonyl (C=O) groups is 1. The van der Waals surface area contributed by atoms with Crippen LogP contribution in [0.3, 0.4) is 0 Å². The van der Waals surface area contributed by atoms with Crippen LogP contribution in [0.1, 0.15) is 84.5 Å². The molecule has 8 nitrogen and oxygen atoms in total. The summed E-state index contributed by atoms with van der Waals surface area (Å²) in [6, 6.07) is 2.69. The summed E-state index contributed by atoms with van der Waals surface area (Å²) in [4.78, 5) is 17.1. The topological polar surface area (TPSA) is 86.1 Å². The number of fused-ring (bicyclic) bond motifs is 1. The van der Waals surface area contributed by atoms with Gasteiger partial charge in [-0.1, -0.05) is 33.1 Å². The molecule has 3 saturated heterocycles. The zero-order chi connectivity index (χ0) is 25.8. The van der Waals surface area contributed by atoms with Crippen molar-refractivity contribution in [2.24, 2.45) is 17.6 Å². The van der Waals surface area contributed by atoms with E-state index < -0.39 is 0 Å². The molecule has 0 aromatic rings. The van der Waals surface area contributed by atoms with Crippen molar-refractivity contribution in [1.82, 2.24) is 25.6 Å². The number of piperidine rings is 1. The normalized spacial score (nSPS) is 38.2. The Labute approximate surface area is 225 Å². The van der Waals surface area contributed by atoms with Crippen molar-refractivity contribution in [3.63, 3.8) is 0 Å². The van der Waals surface area contributed by atoms with Crippen molar-refractivity contribution in [3.05, 3.63) is 0 Å². The Hall–Kier alpha value is -0.770. The first-order chi connectivity index (χ1) is 18.0. The molecule has 7 atom stereocenters. The van der Waals surface area contributed by atoms with Gasteiger partial charge in [0.05, 0.1) is 12.1 Å². The van der Waals surface area contributed by atoms with Gasteiger partial charge in [-0.15, -0.1) is 0 Å². The maximum absolute atomic E-state index is 11.6. The lowest BCUT2D eigenvalue weighted by atomic mass is 9.70. The summed E-state index contributed by atoms with van der Waals surface area (Å²) >= 11 is 0. The van der Waals surface area contributed by atoms with E-state index in [1.807, 2.05) is 0 Å². The maximum atomic E-state index is 11.6. The van der Waals surface area contributed by atoms with Crippen LogP contribution in [0.5, 0.6) is 0 Å². The van der Waals surface area contributed by atoms with E-state index in [1.54, 1.807) is 0 Å². The van der Waals surface area contributed by atoms with Crippen LogP contribution in [0, 0.1) is 11.8 Å². The van der Waals surface area contributed by atoms with Gasteiger partial charge in [0.2, 0.25) is 5.91 Å². The Morgan fingerprint density at radius 1 is 1.00 bits per heavy atom. The molecule has 7 unspecified atom stereocenters. The first kappa shape index (κ1) is 27.8. The molecule has 4 N–H and O–H groups in total. The fraction of sp³-hybridized carbons (Fsp3) is 0.966. The predicted octanol–water partition coefficient (Wildman–Crippen LogP) is 2.33. The Morgan fingerprint density at radius 3 is 2.62 bits per heavy atom. The van der Waals surface area contributed by atoms with E-state index in [0.29, 0.717) is 36.0 Å². The molecule has 0 spiro atoms. The van der Waals surface area contributed by atoms with Gasteiger partial charge in [-0.3, -0.25) is 20.0 Å². The number of nitrogens with one attached hydrogen (secondary N) is 2. The minimum Gasteiger partial charge on any atom is -0.368 e. The number of hydrogen-bond acceptors (Lipinski definition) is 7. The Morgan fingerprint density at radius 2 is 1.84 bits per heavy atom. The van der Waals surface area contributed by atoms with Gasteiger partial charge in [0.15, 0.2) is 0 Å². The van der Waals surface area contributed by atoms with Gasteiger partial charge in [0.1, 0.15) is 6.61 Å². The molecule has 0 bridgehead atoms. The number of rotatable bonds is 8. The van der Waals surface area contributed by atoms with Gasteiger partial charge in [-0.25, -0.2) is 5.01 Å². The third-order valence-electron chi connectivity index (χ3n) is 10.4.